The molecule has 2 saturated carbocycles. The zero-order valence-electron chi connectivity index (χ0n) is 55.3. The Hall–Kier alpha value is -11.4. The van der Waals surface area contributed by atoms with E-state index < -0.39 is 0 Å². The number of ether oxygens (including phenoxy) is 3. The minimum atomic E-state index is -0.265. The summed E-state index contributed by atoms with van der Waals surface area (Å²) in [5, 5.41) is 29.1. The molecule has 2 aliphatic carbocycles. The van der Waals surface area contributed by atoms with Crippen LogP contribution in [0.1, 0.15) is 93.7 Å². The van der Waals surface area contributed by atoms with Crippen molar-refractivity contribution >= 4 is 88.3 Å². The quantitative estimate of drug-likeness (QED) is 0.0239. The first kappa shape index (κ1) is 69.4. The van der Waals surface area contributed by atoms with E-state index in [9.17, 15) is 14.4 Å². The fraction of sp³-hybridized carbons (Fsp3) is 0.377. The molecule has 5 aliphatic rings. The van der Waals surface area contributed by atoms with Gasteiger partial charge < -0.3 is 92.5 Å². The van der Waals surface area contributed by atoms with Gasteiger partial charge in [0, 0.05) is 93.8 Å². The van der Waals surface area contributed by atoms with Gasteiger partial charge in [-0.1, -0.05) is 33.7 Å². The second-order valence-electron chi connectivity index (χ2n) is 23.8. The Morgan fingerprint density at radius 3 is 1.21 bits per heavy atom. The molecule has 98 heavy (non-hydrogen) atoms. The predicted octanol–water partition coefficient (Wildman–Crippen LogP) is 9.75. The second-order valence-corrected chi connectivity index (χ2v) is 23.8. The molecule has 0 radical (unpaired) electrons. The van der Waals surface area contributed by atoms with Crippen LogP contribution in [0.15, 0.2) is 144 Å². The number of amides is 6. The van der Waals surface area contributed by atoms with E-state index in [0.29, 0.717) is 76.2 Å². The van der Waals surface area contributed by atoms with Crippen molar-refractivity contribution in [2.75, 3.05) is 108 Å². The Morgan fingerprint density at radius 1 is 0.439 bits per heavy atom. The maximum absolute atomic E-state index is 12.5. The lowest BCUT2D eigenvalue weighted by molar-refractivity contribution is 0.201. The van der Waals surface area contributed by atoms with Gasteiger partial charge in [-0.25, -0.2) is 39.3 Å². The number of aromatic nitrogens is 5. The standard InChI is InChI=1S/C24H26N6O3.C23H31N7O3.C22H29N7O3/c1-32-27-15-21-22(11-13-26-23(21)25)30-14-12-18(16-30)29-24(31)28-17-7-9-20(10-8-17)33-19-5-3-2-4-6-19;1-32-27-15-19-20(8-11-25-22(19)24)30-12-9-16(10-13-30)28-23(31)29-17-6-7-21(26-14-17)33-18-4-2-3-5-18;1-31-26-13-18-19(8-10-24-21(18)23)29-11-9-16(14-29)28-22(30)27-15-6-7-20(25-12-15)32-17-4-2-3-5-17/h2-11,13,15,18H,12,14,16H2,1H3,(H2,25,26)(H2,28,29,31);6-8,11,14-16,18H,2-5,9-10,12-13H2,1H3,(H2,24,25)(H2,28,29,31);6-8,10,12-13,16-17H,2-5,9,11,14H2,1H3,(H2,23,24)(H2,27,28,30)/b2*27-15+;26-13+. The third-order valence-corrected chi connectivity index (χ3v) is 17.0. The van der Waals surface area contributed by atoms with Gasteiger partial charge >= 0.3 is 18.1 Å². The SMILES string of the molecule is CO/N=C/c1c(N2CCC(NC(=O)Nc3ccc(OC4CCCC4)nc3)C2)ccnc1N.CO/N=C/c1c(N2CCC(NC(=O)Nc3ccc(OC4CCCC4)nc3)CC2)ccnc1N.CO/N=C/c1c(N2CCC(NC(=O)Nc3ccc(Oc4ccccc4)cc3)C2)ccnc1N. The van der Waals surface area contributed by atoms with Crippen LogP contribution in [0, 0.1) is 0 Å². The third-order valence-electron chi connectivity index (χ3n) is 17.0. The number of carbonyl (C=O) groups is 3. The number of pyridine rings is 5. The molecular formula is C69H86N20O9. The zero-order chi connectivity index (χ0) is 68.4. The number of hydrogen-bond acceptors (Lipinski definition) is 23. The monoisotopic (exact) mass is 1340 g/mol. The number of para-hydroxylation sites is 1. The number of hydrogen-bond donors (Lipinski definition) is 9. The van der Waals surface area contributed by atoms with Crippen molar-refractivity contribution in [2.24, 2.45) is 15.5 Å². The number of nitrogen functional groups attached to an aromatic ring is 3. The molecule has 516 valence electrons. The molecule has 2 atom stereocenters. The van der Waals surface area contributed by atoms with Gasteiger partial charge in [0.2, 0.25) is 11.8 Å². The molecular weight excluding hydrogens is 1250 g/mol. The van der Waals surface area contributed by atoms with E-state index in [2.05, 4.69) is 87.0 Å². The normalized spacial score (nSPS) is 17.2. The molecule has 0 bridgehead atoms. The first-order chi connectivity index (χ1) is 47.9. The molecule has 8 heterocycles. The lowest BCUT2D eigenvalue weighted by atomic mass is 10.0. The summed E-state index contributed by atoms with van der Waals surface area (Å²) in [6.45, 7) is 4.39. The molecule has 29 nitrogen and oxygen atoms in total. The second kappa shape index (κ2) is 35.4. The van der Waals surface area contributed by atoms with E-state index in [1.807, 2.05) is 66.7 Å². The average Bonchev–Trinajstić information content (AvgIpc) is 1.69. The lowest BCUT2D eigenvalue weighted by Gasteiger charge is -2.34. The fourth-order valence-electron chi connectivity index (χ4n) is 12.1. The number of nitrogens with zero attached hydrogens (tertiary/aromatic N) is 11. The Balaban J connectivity index is 0.000000159. The van der Waals surface area contributed by atoms with Gasteiger partial charge in [-0.15, -0.1) is 0 Å². The average molecular weight is 1340 g/mol. The molecule has 2 aromatic carbocycles. The van der Waals surface area contributed by atoms with E-state index in [1.165, 1.54) is 47.0 Å². The van der Waals surface area contributed by atoms with Crippen molar-refractivity contribution in [2.45, 2.75) is 107 Å². The van der Waals surface area contributed by atoms with Crippen molar-refractivity contribution in [3.8, 4) is 23.3 Å². The summed E-state index contributed by atoms with van der Waals surface area (Å²) < 4.78 is 17.5. The number of anilines is 9. The van der Waals surface area contributed by atoms with Crippen LogP contribution < -0.4 is 78.0 Å². The zero-order valence-corrected chi connectivity index (χ0v) is 55.3. The van der Waals surface area contributed by atoms with Crippen molar-refractivity contribution in [3.05, 3.63) is 145 Å². The number of carbonyl (C=O) groups excluding carboxylic acids is 3. The summed E-state index contributed by atoms with van der Waals surface area (Å²) in [5.74, 6) is 3.82. The van der Waals surface area contributed by atoms with Crippen LogP contribution in [-0.4, -0.2) is 153 Å². The largest absolute Gasteiger partial charge is 0.474 e. The number of benzene rings is 2. The molecule has 2 unspecified atom stereocenters. The molecule has 5 fully saturated rings. The highest BCUT2D eigenvalue weighted by Gasteiger charge is 2.29. The maximum atomic E-state index is 12.5. The van der Waals surface area contributed by atoms with Crippen molar-refractivity contribution in [3.63, 3.8) is 0 Å². The van der Waals surface area contributed by atoms with E-state index >= 15 is 0 Å². The topological polar surface area (TPSA) is 368 Å². The Kier molecular flexibility index (Phi) is 25.1. The van der Waals surface area contributed by atoms with E-state index in [-0.39, 0.29) is 48.4 Å². The summed E-state index contributed by atoms with van der Waals surface area (Å²) >= 11 is 0. The van der Waals surface area contributed by atoms with Crippen molar-refractivity contribution < 1.29 is 43.1 Å². The first-order valence-electron chi connectivity index (χ1n) is 32.9. The number of oxime groups is 3. The number of piperidine rings is 1. The predicted molar refractivity (Wildman–Crippen MR) is 380 cm³/mol. The molecule has 12 N–H and O–H groups in total. The summed E-state index contributed by atoms with van der Waals surface area (Å²) in [4.78, 5) is 79.3. The molecule has 3 saturated heterocycles. The van der Waals surface area contributed by atoms with E-state index in [4.69, 9.17) is 45.9 Å². The molecule has 6 amide bonds. The molecule has 12 rings (SSSR count). The molecule has 29 heteroatoms. The van der Waals surface area contributed by atoms with Crippen molar-refractivity contribution in [1.82, 2.24) is 40.9 Å². The van der Waals surface area contributed by atoms with Crippen LogP contribution >= 0.6 is 0 Å². The number of nitrogens with one attached hydrogen (secondary N) is 6. The Labute approximate surface area is 569 Å². The van der Waals surface area contributed by atoms with E-state index in [0.717, 1.165) is 106 Å². The minimum Gasteiger partial charge on any atom is -0.474 e. The van der Waals surface area contributed by atoms with Crippen molar-refractivity contribution in [1.29, 1.82) is 0 Å². The minimum absolute atomic E-state index is 0.00506. The smallest absolute Gasteiger partial charge is 0.319 e. The molecule has 7 aromatic rings. The van der Waals surface area contributed by atoms with Gasteiger partial charge in [0.25, 0.3) is 0 Å². The summed E-state index contributed by atoms with van der Waals surface area (Å²) in [5.41, 5.74) is 24.9. The fourth-order valence-corrected chi connectivity index (χ4v) is 12.1. The van der Waals surface area contributed by atoms with Crippen LogP contribution in [-0.2, 0) is 14.5 Å². The molecule has 3 aliphatic heterocycles. The maximum Gasteiger partial charge on any atom is 0.319 e. The highest BCUT2D eigenvalue weighted by Crippen LogP contribution is 2.31. The number of urea groups is 3. The van der Waals surface area contributed by atoms with Crippen LogP contribution in [0.4, 0.5) is 66.0 Å². The summed E-state index contributed by atoms with van der Waals surface area (Å²) in [6, 6.07) is 29.0. The Morgan fingerprint density at radius 2 is 0.806 bits per heavy atom. The highest BCUT2D eigenvalue weighted by atomic mass is 16.6. The van der Waals surface area contributed by atoms with Gasteiger partial charge in [-0.05, 0) is 144 Å². The van der Waals surface area contributed by atoms with Crippen LogP contribution in [0.2, 0.25) is 0 Å². The Bertz CT molecular complexity index is 3780. The van der Waals surface area contributed by atoms with Gasteiger partial charge in [-0.3, -0.25) is 0 Å². The van der Waals surface area contributed by atoms with Gasteiger partial charge in [0.05, 0.1) is 76.2 Å². The first-order valence-corrected chi connectivity index (χ1v) is 32.9. The lowest BCUT2D eigenvalue weighted by Crippen LogP contribution is -2.46. The van der Waals surface area contributed by atoms with Gasteiger partial charge in [-0.2, -0.15) is 0 Å². The van der Waals surface area contributed by atoms with Crippen LogP contribution in [0.5, 0.6) is 23.3 Å². The number of nitrogens with two attached hydrogens (primary N) is 3. The summed E-state index contributed by atoms with van der Waals surface area (Å²) in [6.07, 6.45) is 25.8. The summed E-state index contributed by atoms with van der Waals surface area (Å²) in [7, 11) is 4.43. The van der Waals surface area contributed by atoms with Gasteiger partial charge in [0.1, 0.15) is 62.5 Å². The van der Waals surface area contributed by atoms with Crippen LogP contribution in [0.25, 0.3) is 0 Å². The molecule has 5 aromatic heterocycles. The van der Waals surface area contributed by atoms with Gasteiger partial charge in [0.15, 0.2) is 0 Å². The van der Waals surface area contributed by atoms with Crippen LogP contribution in [0.3, 0.4) is 0 Å². The third kappa shape index (κ3) is 20.3. The number of rotatable bonds is 21. The molecule has 0 spiro atoms. The highest BCUT2D eigenvalue weighted by molar-refractivity contribution is 5.95. The van der Waals surface area contributed by atoms with E-state index in [1.54, 1.807) is 80.0 Å².